The van der Waals surface area contributed by atoms with Crippen LogP contribution >= 0.6 is 11.8 Å². The Kier molecular flexibility index (Phi) is 7.56. The van der Waals surface area contributed by atoms with Crippen LogP contribution in [0.3, 0.4) is 0 Å². The van der Waals surface area contributed by atoms with Crippen molar-refractivity contribution >= 4 is 23.4 Å². The third-order valence-corrected chi connectivity index (χ3v) is 6.59. The highest BCUT2D eigenvalue weighted by Crippen LogP contribution is 2.22. The van der Waals surface area contributed by atoms with E-state index in [0.717, 1.165) is 35.6 Å². The molecule has 1 amide bonds. The number of amides is 1. The number of thioether (sulfide) groups is 1. The molecule has 3 heterocycles. The van der Waals surface area contributed by atoms with Gasteiger partial charge in [-0.05, 0) is 49.8 Å². The van der Waals surface area contributed by atoms with Crippen LogP contribution < -0.4 is 5.32 Å². The molecule has 1 fully saturated rings. The molecule has 1 atom stereocenters. The van der Waals surface area contributed by atoms with Gasteiger partial charge in [0.15, 0.2) is 0 Å². The summed E-state index contributed by atoms with van der Waals surface area (Å²) in [6.45, 7) is 7.24. The lowest BCUT2D eigenvalue weighted by atomic mass is 10.0. The summed E-state index contributed by atoms with van der Waals surface area (Å²) in [7, 11) is 0. The number of hydrogen-bond donors (Lipinski definition) is 1. The molecule has 176 valence electrons. The zero-order valence-electron chi connectivity index (χ0n) is 19.2. The van der Waals surface area contributed by atoms with Crippen molar-refractivity contribution in [3.8, 4) is 0 Å². The van der Waals surface area contributed by atoms with Crippen LogP contribution in [0.25, 0.3) is 5.78 Å². The maximum absolute atomic E-state index is 13.4. The first kappa shape index (κ1) is 23.6. The van der Waals surface area contributed by atoms with E-state index in [4.69, 9.17) is 4.74 Å². The molecule has 1 aliphatic heterocycles. The average Bonchev–Trinajstić information content (AvgIpc) is 3.24. The molecule has 0 bridgehead atoms. The van der Waals surface area contributed by atoms with E-state index < -0.39 is 0 Å². The van der Waals surface area contributed by atoms with E-state index in [1.165, 1.54) is 23.9 Å². The Morgan fingerprint density at radius 1 is 1.21 bits per heavy atom. The molecule has 1 saturated heterocycles. The quantitative estimate of drug-likeness (QED) is 0.505. The maximum Gasteiger partial charge on any atom is 0.253 e. The number of carbonyl (C=O) groups is 1. The molecular weight excluding hydrogens is 443 g/mol. The summed E-state index contributed by atoms with van der Waals surface area (Å²) in [6, 6.07) is 6.48. The normalized spacial score (nSPS) is 15.6. The smallest absolute Gasteiger partial charge is 0.253 e. The summed E-state index contributed by atoms with van der Waals surface area (Å²) in [5.41, 5.74) is 3.81. The molecule has 10 heteroatoms. The molecule has 0 radical (unpaired) electrons. The number of hydrogen-bond acceptors (Lipinski definition) is 7. The number of morpholine rings is 1. The summed E-state index contributed by atoms with van der Waals surface area (Å²) >= 11 is 1.47. The molecule has 2 aromatic heterocycles. The molecule has 1 aromatic carbocycles. The first-order valence-electron chi connectivity index (χ1n) is 11.1. The molecule has 1 aliphatic rings. The Morgan fingerprint density at radius 3 is 2.64 bits per heavy atom. The lowest BCUT2D eigenvalue weighted by Gasteiger charge is -2.35. The second kappa shape index (κ2) is 10.6. The standard InChI is InChI=1S/C23H29FN6O2S/c1-15-19(16(2)30-22(26-15)27-23(28-30)33-3)8-9-21(31)25-14-20(29-10-12-32-13-11-29)17-4-6-18(24)7-5-17/h4-7,20H,8-14H2,1-3H3,(H,25,31). The molecular formula is C23H29FN6O2S. The Bertz CT molecular complexity index is 1110. The van der Waals surface area contributed by atoms with Crippen molar-refractivity contribution in [3.63, 3.8) is 0 Å². The second-order valence-electron chi connectivity index (χ2n) is 8.09. The summed E-state index contributed by atoms with van der Waals surface area (Å²) in [4.78, 5) is 24.0. The molecule has 1 unspecified atom stereocenters. The number of benzene rings is 1. The van der Waals surface area contributed by atoms with Crippen LogP contribution in [-0.4, -0.2) is 69.5 Å². The number of ether oxygens (including phenoxy) is 1. The van der Waals surface area contributed by atoms with Crippen molar-refractivity contribution in [2.45, 2.75) is 37.9 Å². The minimum Gasteiger partial charge on any atom is -0.379 e. The number of halogens is 1. The largest absolute Gasteiger partial charge is 0.379 e. The number of rotatable bonds is 8. The predicted molar refractivity (Wildman–Crippen MR) is 125 cm³/mol. The van der Waals surface area contributed by atoms with E-state index in [1.807, 2.05) is 20.1 Å². The van der Waals surface area contributed by atoms with Gasteiger partial charge in [-0.15, -0.1) is 5.10 Å². The van der Waals surface area contributed by atoms with Crippen LogP contribution in [0, 0.1) is 19.7 Å². The van der Waals surface area contributed by atoms with E-state index in [1.54, 1.807) is 16.6 Å². The minimum atomic E-state index is -0.267. The highest BCUT2D eigenvalue weighted by Gasteiger charge is 2.23. The van der Waals surface area contributed by atoms with E-state index in [2.05, 4.69) is 25.3 Å². The SMILES string of the molecule is CSc1nc2nc(C)c(CCC(=O)NCC(c3ccc(F)cc3)N3CCOCC3)c(C)n2n1. The van der Waals surface area contributed by atoms with E-state index in [-0.39, 0.29) is 17.8 Å². The summed E-state index contributed by atoms with van der Waals surface area (Å²) in [6.07, 6.45) is 2.84. The first-order valence-corrected chi connectivity index (χ1v) is 12.3. The van der Waals surface area contributed by atoms with Gasteiger partial charge in [-0.25, -0.2) is 13.9 Å². The molecule has 0 aliphatic carbocycles. The van der Waals surface area contributed by atoms with Gasteiger partial charge < -0.3 is 10.1 Å². The Balaban J connectivity index is 1.41. The zero-order chi connectivity index (χ0) is 23.4. The average molecular weight is 473 g/mol. The molecule has 1 N–H and O–H groups in total. The summed E-state index contributed by atoms with van der Waals surface area (Å²) in [5, 5.41) is 8.23. The molecule has 3 aromatic rings. The van der Waals surface area contributed by atoms with Gasteiger partial charge in [0.1, 0.15) is 5.82 Å². The van der Waals surface area contributed by atoms with Crippen LogP contribution in [0.4, 0.5) is 4.39 Å². The monoisotopic (exact) mass is 472 g/mol. The lowest BCUT2D eigenvalue weighted by Crippen LogP contribution is -2.43. The van der Waals surface area contributed by atoms with Crippen molar-refractivity contribution in [1.82, 2.24) is 29.8 Å². The number of fused-ring (bicyclic) bond motifs is 1. The third kappa shape index (κ3) is 5.51. The summed E-state index contributed by atoms with van der Waals surface area (Å²) < 4.78 is 20.6. The fourth-order valence-corrected chi connectivity index (χ4v) is 4.54. The van der Waals surface area contributed by atoms with E-state index in [9.17, 15) is 9.18 Å². The zero-order valence-corrected chi connectivity index (χ0v) is 20.0. The van der Waals surface area contributed by atoms with E-state index in [0.29, 0.717) is 43.5 Å². The number of carbonyl (C=O) groups excluding carboxylic acids is 1. The highest BCUT2D eigenvalue weighted by atomic mass is 32.2. The first-order chi connectivity index (χ1) is 16.0. The highest BCUT2D eigenvalue weighted by molar-refractivity contribution is 7.98. The molecule has 8 nitrogen and oxygen atoms in total. The Morgan fingerprint density at radius 2 is 1.94 bits per heavy atom. The number of aromatic nitrogens is 4. The van der Waals surface area contributed by atoms with Crippen LogP contribution in [-0.2, 0) is 16.0 Å². The van der Waals surface area contributed by atoms with Crippen LogP contribution in [0.5, 0.6) is 0 Å². The second-order valence-corrected chi connectivity index (χ2v) is 8.86. The number of aryl methyl sites for hydroxylation is 2. The predicted octanol–water partition coefficient (Wildman–Crippen LogP) is 2.72. The van der Waals surface area contributed by atoms with Crippen LogP contribution in [0.15, 0.2) is 29.4 Å². The van der Waals surface area contributed by atoms with Gasteiger partial charge >= 0.3 is 0 Å². The Labute approximate surface area is 196 Å². The molecule has 33 heavy (non-hydrogen) atoms. The van der Waals surface area contributed by atoms with Gasteiger partial charge in [0, 0.05) is 37.4 Å². The van der Waals surface area contributed by atoms with Crippen molar-refractivity contribution in [3.05, 3.63) is 52.6 Å². The maximum atomic E-state index is 13.4. The molecule has 0 spiro atoms. The van der Waals surface area contributed by atoms with Crippen molar-refractivity contribution in [2.24, 2.45) is 0 Å². The van der Waals surface area contributed by atoms with Gasteiger partial charge in [-0.2, -0.15) is 4.98 Å². The van der Waals surface area contributed by atoms with Gasteiger partial charge in [0.2, 0.25) is 11.1 Å². The molecule has 0 saturated carbocycles. The number of nitrogens with zero attached hydrogens (tertiary/aromatic N) is 5. The fourth-order valence-electron chi connectivity index (χ4n) is 4.21. The van der Waals surface area contributed by atoms with Crippen molar-refractivity contribution in [2.75, 3.05) is 39.1 Å². The third-order valence-electron chi connectivity index (χ3n) is 6.05. The van der Waals surface area contributed by atoms with Gasteiger partial charge in [-0.3, -0.25) is 9.69 Å². The fraction of sp³-hybridized carbons (Fsp3) is 0.478. The summed E-state index contributed by atoms with van der Waals surface area (Å²) in [5.74, 6) is 0.282. The van der Waals surface area contributed by atoms with Gasteiger partial charge in [0.25, 0.3) is 5.78 Å². The van der Waals surface area contributed by atoms with Crippen molar-refractivity contribution in [1.29, 1.82) is 0 Å². The molecule has 4 rings (SSSR count). The van der Waals surface area contributed by atoms with Crippen LogP contribution in [0.2, 0.25) is 0 Å². The Hall–Kier alpha value is -2.56. The number of nitrogens with one attached hydrogen (secondary N) is 1. The van der Waals surface area contributed by atoms with Crippen molar-refractivity contribution < 1.29 is 13.9 Å². The topological polar surface area (TPSA) is 84.7 Å². The minimum absolute atomic E-state index is 0.0277. The van der Waals surface area contributed by atoms with E-state index >= 15 is 0 Å². The van der Waals surface area contributed by atoms with Crippen LogP contribution in [0.1, 0.15) is 35.0 Å². The van der Waals surface area contributed by atoms with Gasteiger partial charge in [0.05, 0.1) is 19.3 Å². The van der Waals surface area contributed by atoms with Gasteiger partial charge in [-0.1, -0.05) is 23.9 Å². The lowest BCUT2D eigenvalue weighted by molar-refractivity contribution is -0.121.